The zero-order chi connectivity index (χ0) is 24.9. The summed E-state index contributed by atoms with van der Waals surface area (Å²) < 4.78 is 38.1. The van der Waals surface area contributed by atoms with Gasteiger partial charge in [-0.05, 0) is 92.6 Å². The van der Waals surface area contributed by atoms with Crippen LogP contribution in [-0.2, 0) is 19.6 Å². The molecule has 9 heteroatoms. The average Bonchev–Trinajstić information content (AvgIpc) is 2.81. The lowest BCUT2D eigenvalue weighted by molar-refractivity contribution is -0.123. The molecule has 0 aliphatic carbocycles. The Hall–Kier alpha value is -3.85. The van der Waals surface area contributed by atoms with Crippen LogP contribution < -0.4 is 14.8 Å². The minimum absolute atomic E-state index is 0.149. The van der Waals surface area contributed by atoms with Crippen molar-refractivity contribution in [2.24, 2.45) is 0 Å². The Morgan fingerprint density at radius 1 is 0.853 bits per heavy atom. The topological polar surface area (TPSA) is 111 Å². The predicted octanol–water partition coefficient (Wildman–Crippen LogP) is 4.30. The number of carbonyl (C=O) groups is 2. The fourth-order valence-corrected chi connectivity index (χ4v) is 4.11. The summed E-state index contributed by atoms with van der Waals surface area (Å²) in [4.78, 5) is 24.9. The first-order valence-electron chi connectivity index (χ1n) is 10.4. The van der Waals surface area contributed by atoms with Gasteiger partial charge in [0.1, 0.15) is 5.75 Å². The maximum Gasteiger partial charge on any atom is 0.338 e. The lowest BCUT2D eigenvalue weighted by Gasteiger charge is -2.14. The molecule has 0 aliphatic heterocycles. The van der Waals surface area contributed by atoms with Gasteiger partial charge in [0, 0.05) is 11.4 Å². The minimum Gasteiger partial charge on any atom is -0.497 e. The van der Waals surface area contributed by atoms with Crippen LogP contribution in [0.5, 0.6) is 5.75 Å². The van der Waals surface area contributed by atoms with E-state index in [1.807, 2.05) is 13.8 Å². The molecule has 8 nitrogen and oxygen atoms in total. The number of carbonyl (C=O) groups excluding carboxylic acids is 2. The maximum atomic E-state index is 12.6. The Morgan fingerprint density at radius 2 is 1.47 bits per heavy atom. The van der Waals surface area contributed by atoms with Gasteiger partial charge < -0.3 is 14.8 Å². The number of amides is 1. The van der Waals surface area contributed by atoms with Gasteiger partial charge in [-0.25, -0.2) is 13.2 Å². The lowest BCUT2D eigenvalue weighted by atomic mass is 10.1. The zero-order valence-electron chi connectivity index (χ0n) is 19.3. The highest BCUT2D eigenvalue weighted by Crippen LogP contribution is 2.20. The van der Waals surface area contributed by atoms with Crippen LogP contribution >= 0.6 is 0 Å². The van der Waals surface area contributed by atoms with Crippen molar-refractivity contribution in [1.29, 1.82) is 0 Å². The van der Waals surface area contributed by atoms with Crippen LogP contribution in [0.25, 0.3) is 0 Å². The van der Waals surface area contributed by atoms with E-state index >= 15 is 0 Å². The van der Waals surface area contributed by atoms with Crippen LogP contribution in [-0.4, -0.2) is 33.5 Å². The fraction of sp³-hybridized carbons (Fsp3) is 0.200. The molecule has 0 bridgehead atoms. The van der Waals surface area contributed by atoms with Gasteiger partial charge in [-0.2, -0.15) is 0 Å². The first kappa shape index (κ1) is 24.8. The molecule has 2 N–H and O–H groups in total. The second-order valence-electron chi connectivity index (χ2n) is 7.69. The Bertz CT molecular complexity index is 1290. The van der Waals surface area contributed by atoms with E-state index < -0.39 is 28.0 Å². The number of benzene rings is 3. The van der Waals surface area contributed by atoms with Crippen LogP contribution in [0.4, 0.5) is 11.4 Å². The fourth-order valence-electron chi connectivity index (χ4n) is 2.97. The van der Waals surface area contributed by atoms with Crippen LogP contribution in [0.3, 0.4) is 0 Å². The molecule has 3 aromatic rings. The molecule has 34 heavy (non-hydrogen) atoms. The summed E-state index contributed by atoms with van der Waals surface area (Å²) in [6.07, 6.45) is -1.04. The first-order chi connectivity index (χ1) is 16.1. The molecule has 178 valence electrons. The molecule has 0 radical (unpaired) electrons. The van der Waals surface area contributed by atoms with Gasteiger partial charge in [0.15, 0.2) is 6.10 Å². The molecule has 0 saturated carbocycles. The lowest BCUT2D eigenvalue weighted by Crippen LogP contribution is -2.30. The van der Waals surface area contributed by atoms with Gasteiger partial charge >= 0.3 is 5.97 Å². The molecule has 0 fully saturated rings. The van der Waals surface area contributed by atoms with E-state index in [0.29, 0.717) is 17.1 Å². The number of nitrogens with one attached hydrogen (secondary N) is 2. The van der Waals surface area contributed by atoms with Crippen molar-refractivity contribution in [3.63, 3.8) is 0 Å². The molecular formula is C25H26N2O6S. The summed E-state index contributed by atoms with van der Waals surface area (Å²) in [6.45, 7) is 5.20. The van der Waals surface area contributed by atoms with Crippen molar-refractivity contribution >= 4 is 33.3 Å². The van der Waals surface area contributed by atoms with Gasteiger partial charge in [-0.1, -0.05) is 6.07 Å². The monoisotopic (exact) mass is 482 g/mol. The van der Waals surface area contributed by atoms with E-state index in [1.54, 1.807) is 43.5 Å². The molecule has 3 aromatic carbocycles. The minimum atomic E-state index is -3.78. The average molecular weight is 483 g/mol. The normalized spacial score (nSPS) is 11.9. The van der Waals surface area contributed by atoms with Crippen LogP contribution in [0.1, 0.15) is 28.4 Å². The molecule has 0 heterocycles. The number of esters is 1. The number of ether oxygens (including phenoxy) is 2. The summed E-state index contributed by atoms with van der Waals surface area (Å²) in [7, 11) is -2.23. The van der Waals surface area contributed by atoms with E-state index in [0.717, 1.165) is 11.1 Å². The van der Waals surface area contributed by atoms with E-state index in [9.17, 15) is 18.0 Å². The predicted molar refractivity (Wildman–Crippen MR) is 130 cm³/mol. The molecular weight excluding hydrogens is 456 g/mol. The van der Waals surface area contributed by atoms with Crippen LogP contribution in [0, 0.1) is 13.8 Å². The third-order valence-electron chi connectivity index (χ3n) is 5.17. The smallest absolute Gasteiger partial charge is 0.338 e. The summed E-state index contributed by atoms with van der Waals surface area (Å²) in [5.41, 5.74) is 2.87. The molecule has 0 saturated heterocycles. The van der Waals surface area contributed by atoms with Crippen molar-refractivity contribution in [3.05, 3.63) is 83.4 Å². The molecule has 1 atom stereocenters. The van der Waals surface area contributed by atoms with Crippen molar-refractivity contribution in [2.45, 2.75) is 31.8 Å². The first-order valence-corrected chi connectivity index (χ1v) is 11.9. The summed E-state index contributed by atoms with van der Waals surface area (Å²) in [5, 5.41) is 2.66. The van der Waals surface area contributed by atoms with E-state index in [2.05, 4.69) is 10.0 Å². The van der Waals surface area contributed by atoms with Gasteiger partial charge in [0.2, 0.25) is 0 Å². The second kappa shape index (κ2) is 10.4. The Labute approximate surface area is 199 Å². The van der Waals surface area contributed by atoms with Gasteiger partial charge in [-0.3, -0.25) is 9.52 Å². The van der Waals surface area contributed by atoms with Gasteiger partial charge in [-0.15, -0.1) is 0 Å². The Kier molecular flexibility index (Phi) is 7.57. The van der Waals surface area contributed by atoms with Gasteiger partial charge in [0.05, 0.1) is 17.6 Å². The highest BCUT2D eigenvalue weighted by Gasteiger charge is 2.20. The summed E-state index contributed by atoms with van der Waals surface area (Å²) in [5.74, 6) is -0.547. The van der Waals surface area contributed by atoms with Crippen LogP contribution in [0.2, 0.25) is 0 Å². The second-order valence-corrected chi connectivity index (χ2v) is 9.38. The standard InChI is InChI=1S/C25H26N2O6S/c1-16-5-14-23(15-17(16)2)34(30,31)27-21-8-6-19(7-9-21)25(29)33-18(3)24(28)26-20-10-12-22(32-4)13-11-20/h5-15,18,27H,1-4H3,(H,26,28). The van der Waals surface area contributed by atoms with Crippen molar-refractivity contribution in [1.82, 2.24) is 0 Å². The number of hydrogen-bond donors (Lipinski definition) is 2. The number of sulfonamides is 1. The summed E-state index contributed by atoms with van der Waals surface area (Å²) >= 11 is 0. The highest BCUT2D eigenvalue weighted by molar-refractivity contribution is 7.92. The molecule has 0 aliphatic rings. The quantitative estimate of drug-likeness (QED) is 0.463. The number of aryl methyl sites for hydroxylation is 2. The zero-order valence-corrected chi connectivity index (χ0v) is 20.1. The van der Waals surface area contributed by atoms with Crippen molar-refractivity contribution < 1.29 is 27.5 Å². The molecule has 1 unspecified atom stereocenters. The van der Waals surface area contributed by atoms with Crippen molar-refractivity contribution in [2.75, 3.05) is 17.1 Å². The molecule has 1 amide bonds. The van der Waals surface area contributed by atoms with E-state index in [-0.39, 0.29) is 10.5 Å². The molecule has 3 rings (SSSR count). The van der Waals surface area contributed by atoms with Crippen molar-refractivity contribution in [3.8, 4) is 5.75 Å². The molecule has 0 aromatic heterocycles. The van der Waals surface area contributed by atoms with Crippen LogP contribution in [0.15, 0.2) is 71.6 Å². The number of anilines is 2. The van der Waals surface area contributed by atoms with E-state index in [1.165, 1.54) is 37.3 Å². The largest absolute Gasteiger partial charge is 0.497 e. The van der Waals surface area contributed by atoms with E-state index in [4.69, 9.17) is 9.47 Å². The third kappa shape index (κ3) is 6.14. The number of hydrogen-bond acceptors (Lipinski definition) is 6. The Balaban J connectivity index is 1.60. The Morgan fingerprint density at radius 3 is 2.06 bits per heavy atom. The number of rotatable bonds is 8. The summed E-state index contributed by atoms with van der Waals surface area (Å²) in [6, 6.07) is 17.4. The highest BCUT2D eigenvalue weighted by atomic mass is 32.2. The maximum absolute atomic E-state index is 12.6. The third-order valence-corrected chi connectivity index (χ3v) is 6.55. The SMILES string of the molecule is COc1ccc(NC(=O)C(C)OC(=O)c2ccc(NS(=O)(=O)c3ccc(C)c(C)c3)cc2)cc1. The van der Waals surface area contributed by atoms with Gasteiger partial charge in [0.25, 0.3) is 15.9 Å². The molecule has 0 spiro atoms. The number of methoxy groups -OCH3 is 1.